The number of amides is 2. The first-order valence-electron chi connectivity index (χ1n) is 12.1. The van der Waals surface area contributed by atoms with Gasteiger partial charge in [0, 0.05) is 64.5 Å². The van der Waals surface area contributed by atoms with E-state index in [2.05, 4.69) is 60.2 Å². The Balaban J connectivity index is 1.24. The van der Waals surface area contributed by atoms with E-state index in [1.165, 1.54) is 31.7 Å². The van der Waals surface area contributed by atoms with Crippen LogP contribution in [0.25, 0.3) is 0 Å². The molecular weight excluding hydrogens is 388 g/mol. The number of carbonyl (C=O) groups is 1. The number of hydrogen-bond donors (Lipinski definition) is 1. The number of ether oxygens (including phenoxy) is 1. The minimum absolute atomic E-state index is 0.0359. The molecule has 172 valence electrons. The summed E-state index contributed by atoms with van der Waals surface area (Å²) in [6, 6.07) is 9.66. The van der Waals surface area contributed by atoms with Gasteiger partial charge in [0.25, 0.3) is 0 Å². The van der Waals surface area contributed by atoms with Crippen LogP contribution in [0.2, 0.25) is 0 Å². The molecule has 0 unspecified atom stereocenters. The Kier molecular flexibility index (Phi) is 7.19. The molecule has 3 aliphatic heterocycles. The van der Waals surface area contributed by atoms with Crippen molar-refractivity contribution in [1.82, 2.24) is 20.0 Å². The molecule has 31 heavy (non-hydrogen) atoms. The predicted molar refractivity (Wildman–Crippen MR) is 124 cm³/mol. The van der Waals surface area contributed by atoms with Crippen LogP contribution in [0.3, 0.4) is 0 Å². The lowest BCUT2D eigenvalue weighted by atomic mass is 9.81. The monoisotopic (exact) mass is 428 g/mol. The molecule has 3 aliphatic rings. The average Bonchev–Trinajstić information content (AvgIpc) is 2.79. The summed E-state index contributed by atoms with van der Waals surface area (Å²) in [5.41, 5.74) is 2.35. The largest absolute Gasteiger partial charge is 0.375 e. The Morgan fingerprint density at radius 3 is 2.42 bits per heavy atom. The SMILES string of the molecule is Cc1ccc(CNC(=O)N2CCC3(CC2)C[C@@H](N2CCN(C(C)C)CC2)CCO3)cc1. The molecule has 3 saturated heterocycles. The van der Waals surface area contributed by atoms with E-state index in [4.69, 9.17) is 4.74 Å². The van der Waals surface area contributed by atoms with Crippen molar-refractivity contribution in [3.63, 3.8) is 0 Å². The zero-order chi connectivity index (χ0) is 21.8. The van der Waals surface area contributed by atoms with Gasteiger partial charge in [0.1, 0.15) is 0 Å². The van der Waals surface area contributed by atoms with Crippen LogP contribution in [0.5, 0.6) is 0 Å². The van der Waals surface area contributed by atoms with Crippen molar-refractivity contribution in [2.24, 2.45) is 0 Å². The summed E-state index contributed by atoms with van der Waals surface area (Å²) in [5.74, 6) is 0. The summed E-state index contributed by atoms with van der Waals surface area (Å²) in [6.07, 6.45) is 4.17. The van der Waals surface area contributed by atoms with Crippen LogP contribution in [-0.2, 0) is 11.3 Å². The maximum absolute atomic E-state index is 12.7. The topological polar surface area (TPSA) is 48.1 Å². The van der Waals surface area contributed by atoms with E-state index in [9.17, 15) is 4.79 Å². The minimum Gasteiger partial charge on any atom is -0.375 e. The van der Waals surface area contributed by atoms with Gasteiger partial charge >= 0.3 is 6.03 Å². The van der Waals surface area contributed by atoms with Gasteiger partial charge in [-0.25, -0.2) is 4.79 Å². The fourth-order valence-electron chi connectivity index (χ4n) is 5.39. The molecule has 1 atom stereocenters. The Labute approximate surface area is 187 Å². The number of carbonyl (C=O) groups excluding carboxylic acids is 1. The molecule has 1 aromatic rings. The van der Waals surface area contributed by atoms with Crippen LogP contribution < -0.4 is 5.32 Å². The molecule has 3 fully saturated rings. The molecule has 1 aromatic carbocycles. The second-order valence-corrected chi connectivity index (χ2v) is 9.98. The number of piperidine rings is 1. The van der Waals surface area contributed by atoms with Gasteiger partial charge in [-0.3, -0.25) is 9.80 Å². The third-order valence-electron chi connectivity index (χ3n) is 7.59. The van der Waals surface area contributed by atoms with Gasteiger partial charge in [0.15, 0.2) is 0 Å². The number of benzene rings is 1. The van der Waals surface area contributed by atoms with Crippen LogP contribution in [0, 0.1) is 6.92 Å². The maximum atomic E-state index is 12.7. The van der Waals surface area contributed by atoms with Gasteiger partial charge < -0.3 is 15.0 Å². The number of aryl methyl sites for hydroxylation is 1. The summed E-state index contributed by atoms with van der Waals surface area (Å²) in [7, 11) is 0. The van der Waals surface area contributed by atoms with Gasteiger partial charge in [-0.15, -0.1) is 0 Å². The van der Waals surface area contributed by atoms with E-state index in [0.29, 0.717) is 18.6 Å². The van der Waals surface area contributed by atoms with E-state index in [1.54, 1.807) is 0 Å². The molecule has 4 rings (SSSR count). The van der Waals surface area contributed by atoms with Gasteiger partial charge in [-0.05, 0) is 52.0 Å². The molecule has 0 saturated carbocycles. The van der Waals surface area contributed by atoms with E-state index >= 15 is 0 Å². The van der Waals surface area contributed by atoms with Gasteiger partial charge in [0.05, 0.1) is 5.60 Å². The van der Waals surface area contributed by atoms with Crippen molar-refractivity contribution in [1.29, 1.82) is 0 Å². The molecule has 3 heterocycles. The van der Waals surface area contributed by atoms with Crippen molar-refractivity contribution < 1.29 is 9.53 Å². The summed E-state index contributed by atoms with van der Waals surface area (Å²) in [6.45, 7) is 14.4. The number of piperazine rings is 1. The van der Waals surface area contributed by atoms with Crippen molar-refractivity contribution in [3.8, 4) is 0 Å². The fraction of sp³-hybridized carbons (Fsp3) is 0.720. The van der Waals surface area contributed by atoms with Crippen LogP contribution in [0.15, 0.2) is 24.3 Å². The van der Waals surface area contributed by atoms with Crippen molar-refractivity contribution in [2.45, 2.75) is 70.7 Å². The third-order valence-corrected chi connectivity index (χ3v) is 7.59. The van der Waals surface area contributed by atoms with Crippen LogP contribution in [-0.4, -0.2) is 84.3 Å². The minimum atomic E-state index is -0.0359. The van der Waals surface area contributed by atoms with Crippen LogP contribution in [0.4, 0.5) is 4.79 Å². The standard InChI is InChI=1S/C25H40N4O2/c1-20(2)27-13-15-28(16-14-27)23-8-17-31-25(18-23)9-11-29(12-10-25)24(30)26-19-22-6-4-21(3)5-7-22/h4-7,20,23H,8-19H2,1-3H3,(H,26,30)/t23-/m0/s1. The number of urea groups is 1. The molecule has 0 radical (unpaired) electrons. The fourth-order valence-corrected chi connectivity index (χ4v) is 5.39. The lowest BCUT2D eigenvalue weighted by molar-refractivity contribution is -0.132. The zero-order valence-corrected chi connectivity index (χ0v) is 19.6. The van der Waals surface area contributed by atoms with Crippen LogP contribution >= 0.6 is 0 Å². The predicted octanol–water partition coefficient (Wildman–Crippen LogP) is 3.24. The first-order valence-corrected chi connectivity index (χ1v) is 12.1. The Morgan fingerprint density at radius 2 is 1.77 bits per heavy atom. The van der Waals surface area contributed by atoms with E-state index in [-0.39, 0.29) is 11.6 Å². The van der Waals surface area contributed by atoms with E-state index < -0.39 is 0 Å². The van der Waals surface area contributed by atoms with Gasteiger partial charge in [-0.2, -0.15) is 0 Å². The summed E-state index contributed by atoms with van der Waals surface area (Å²) < 4.78 is 6.36. The second kappa shape index (κ2) is 9.88. The van der Waals surface area contributed by atoms with Crippen molar-refractivity contribution in [2.75, 3.05) is 45.9 Å². The molecule has 0 bridgehead atoms. The zero-order valence-electron chi connectivity index (χ0n) is 19.6. The maximum Gasteiger partial charge on any atom is 0.317 e. The molecule has 0 aromatic heterocycles. The Hall–Kier alpha value is -1.63. The molecule has 1 spiro atoms. The molecule has 6 heteroatoms. The molecule has 0 aliphatic carbocycles. The number of hydrogen-bond acceptors (Lipinski definition) is 4. The highest BCUT2D eigenvalue weighted by atomic mass is 16.5. The quantitative estimate of drug-likeness (QED) is 0.800. The smallest absolute Gasteiger partial charge is 0.317 e. The lowest BCUT2D eigenvalue weighted by Gasteiger charge is -2.50. The highest BCUT2D eigenvalue weighted by Crippen LogP contribution is 2.37. The first kappa shape index (κ1) is 22.6. The average molecular weight is 429 g/mol. The molecule has 1 N–H and O–H groups in total. The highest BCUT2D eigenvalue weighted by Gasteiger charge is 2.43. The van der Waals surface area contributed by atoms with Gasteiger partial charge in [0.2, 0.25) is 0 Å². The number of likely N-dealkylation sites (tertiary alicyclic amines) is 1. The second-order valence-electron chi connectivity index (χ2n) is 9.98. The Morgan fingerprint density at radius 1 is 1.10 bits per heavy atom. The number of nitrogens with zero attached hydrogens (tertiary/aromatic N) is 3. The Bertz CT molecular complexity index is 720. The van der Waals surface area contributed by atoms with E-state index in [1.807, 2.05) is 4.90 Å². The van der Waals surface area contributed by atoms with Gasteiger partial charge in [-0.1, -0.05) is 29.8 Å². The summed E-state index contributed by atoms with van der Waals surface area (Å²) in [4.78, 5) is 19.9. The molecule has 6 nitrogen and oxygen atoms in total. The van der Waals surface area contributed by atoms with Crippen molar-refractivity contribution in [3.05, 3.63) is 35.4 Å². The molecular formula is C25H40N4O2. The van der Waals surface area contributed by atoms with E-state index in [0.717, 1.165) is 50.9 Å². The van der Waals surface area contributed by atoms with Crippen molar-refractivity contribution >= 4 is 6.03 Å². The lowest BCUT2D eigenvalue weighted by Crippen LogP contribution is -2.58. The molecule has 2 amide bonds. The first-order chi connectivity index (χ1) is 14.9. The highest BCUT2D eigenvalue weighted by molar-refractivity contribution is 5.74. The number of rotatable bonds is 4. The normalized spacial score (nSPS) is 25.2. The summed E-state index contributed by atoms with van der Waals surface area (Å²) >= 11 is 0. The number of nitrogens with one attached hydrogen (secondary N) is 1. The summed E-state index contributed by atoms with van der Waals surface area (Å²) in [5, 5.41) is 3.09. The third kappa shape index (κ3) is 5.60. The van der Waals surface area contributed by atoms with Crippen LogP contribution in [0.1, 0.15) is 50.7 Å².